The zero-order chi connectivity index (χ0) is 14.0. The smallest absolute Gasteiger partial charge is 0.281 e. The summed E-state index contributed by atoms with van der Waals surface area (Å²) in [6, 6.07) is 7.15. The number of hydrogen-bond donors (Lipinski definition) is 2. The molecule has 0 amide bonds. The van der Waals surface area contributed by atoms with Crippen LogP contribution in [0.3, 0.4) is 0 Å². The number of benzene rings is 1. The standard InChI is InChI=1S/C12H15N3O3S/c1-9-4-3-5-11(6-9)15(2)19(17,18)12-10(8-16)7-13-14-12/h3-7,16H,8H2,1-2H3,(H,13,14). The molecular formula is C12H15N3O3S. The molecule has 1 aromatic heterocycles. The number of nitrogens with one attached hydrogen (secondary N) is 1. The number of aromatic amines is 1. The van der Waals surface area contributed by atoms with Gasteiger partial charge >= 0.3 is 0 Å². The predicted molar refractivity (Wildman–Crippen MR) is 71.3 cm³/mol. The van der Waals surface area contributed by atoms with Gasteiger partial charge in [0, 0.05) is 12.6 Å². The van der Waals surface area contributed by atoms with Gasteiger partial charge in [-0.1, -0.05) is 12.1 Å². The van der Waals surface area contributed by atoms with Crippen LogP contribution < -0.4 is 4.31 Å². The zero-order valence-electron chi connectivity index (χ0n) is 10.7. The van der Waals surface area contributed by atoms with E-state index in [-0.39, 0.29) is 17.2 Å². The highest BCUT2D eigenvalue weighted by atomic mass is 32.2. The van der Waals surface area contributed by atoms with Crippen LogP contribution in [0.2, 0.25) is 0 Å². The second-order valence-electron chi connectivity index (χ2n) is 4.19. The van der Waals surface area contributed by atoms with E-state index in [0.29, 0.717) is 5.69 Å². The minimum Gasteiger partial charge on any atom is -0.392 e. The number of anilines is 1. The third-order valence-electron chi connectivity index (χ3n) is 2.83. The SMILES string of the molecule is Cc1cccc(N(C)S(=O)(=O)c2[nH]ncc2CO)c1. The molecule has 0 aliphatic rings. The normalized spacial score (nSPS) is 11.5. The Labute approximate surface area is 111 Å². The Bertz CT molecular complexity index is 679. The maximum Gasteiger partial charge on any atom is 0.281 e. The average Bonchev–Trinajstić information content (AvgIpc) is 2.86. The van der Waals surface area contributed by atoms with E-state index < -0.39 is 10.0 Å². The number of aliphatic hydroxyl groups is 1. The van der Waals surface area contributed by atoms with Crippen LogP contribution >= 0.6 is 0 Å². The summed E-state index contributed by atoms with van der Waals surface area (Å²) in [6.07, 6.45) is 1.30. The van der Waals surface area contributed by atoms with Crippen LogP contribution in [0.25, 0.3) is 0 Å². The van der Waals surface area contributed by atoms with Crippen molar-refractivity contribution in [3.63, 3.8) is 0 Å². The summed E-state index contributed by atoms with van der Waals surface area (Å²) in [7, 11) is -2.29. The molecule has 0 aliphatic carbocycles. The van der Waals surface area contributed by atoms with E-state index in [9.17, 15) is 8.42 Å². The van der Waals surface area contributed by atoms with Crippen LogP contribution in [0.4, 0.5) is 5.69 Å². The minimum atomic E-state index is -3.75. The Morgan fingerprint density at radius 2 is 2.16 bits per heavy atom. The fraction of sp³-hybridized carbons (Fsp3) is 0.250. The molecule has 2 aromatic rings. The van der Waals surface area contributed by atoms with Gasteiger partial charge in [-0.3, -0.25) is 9.40 Å². The lowest BCUT2D eigenvalue weighted by atomic mass is 10.2. The Morgan fingerprint density at radius 1 is 1.42 bits per heavy atom. The summed E-state index contributed by atoms with van der Waals surface area (Å²) >= 11 is 0. The minimum absolute atomic E-state index is 0.0843. The first-order valence-electron chi connectivity index (χ1n) is 5.65. The monoisotopic (exact) mass is 281 g/mol. The largest absolute Gasteiger partial charge is 0.392 e. The van der Waals surface area contributed by atoms with Crippen molar-refractivity contribution in [2.45, 2.75) is 18.6 Å². The molecule has 0 fully saturated rings. The summed E-state index contributed by atoms with van der Waals surface area (Å²) in [5.74, 6) is 0. The van der Waals surface area contributed by atoms with Gasteiger partial charge in [-0.15, -0.1) is 0 Å². The lowest BCUT2D eigenvalue weighted by Crippen LogP contribution is -2.27. The molecule has 19 heavy (non-hydrogen) atoms. The van der Waals surface area contributed by atoms with Gasteiger partial charge in [0.25, 0.3) is 10.0 Å². The molecular weight excluding hydrogens is 266 g/mol. The summed E-state index contributed by atoms with van der Waals surface area (Å²) in [4.78, 5) is 0. The van der Waals surface area contributed by atoms with E-state index in [0.717, 1.165) is 9.87 Å². The van der Waals surface area contributed by atoms with E-state index >= 15 is 0 Å². The van der Waals surface area contributed by atoms with Gasteiger partial charge in [-0.05, 0) is 24.6 Å². The lowest BCUT2D eigenvalue weighted by Gasteiger charge is -2.19. The van der Waals surface area contributed by atoms with E-state index in [1.54, 1.807) is 18.2 Å². The summed E-state index contributed by atoms with van der Waals surface area (Å²) in [5.41, 5.74) is 1.77. The van der Waals surface area contributed by atoms with Crippen LogP contribution in [0.15, 0.2) is 35.5 Å². The highest BCUT2D eigenvalue weighted by molar-refractivity contribution is 7.92. The number of H-pyrrole nitrogens is 1. The van der Waals surface area contributed by atoms with Gasteiger partial charge < -0.3 is 5.11 Å². The summed E-state index contributed by atoms with van der Waals surface area (Å²) in [5, 5.41) is 15.1. The molecule has 7 heteroatoms. The third kappa shape index (κ3) is 2.47. The first kappa shape index (κ1) is 13.6. The quantitative estimate of drug-likeness (QED) is 0.876. The maximum atomic E-state index is 12.4. The van der Waals surface area contributed by atoms with Crippen LogP contribution in [0.1, 0.15) is 11.1 Å². The summed E-state index contributed by atoms with van der Waals surface area (Å²) in [6.45, 7) is 1.51. The molecule has 1 aromatic carbocycles. The van der Waals surface area contributed by atoms with Crippen molar-refractivity contribution in [1.82, 2.24) is 10.2 Å². The summed E-state index contributed by atoms with van der Waals surface area (Å²) < 4.78 is 26.0. The fourth-order valence-corrected chi connectivity index (χ4v) is 3.02. The molecule has 102 valence electrons. The van der Waals surface area contributed by atoms with Gasteiger partial charge in [0.05, 0.1) is 18.5 Å². The molecule has 0 radical (unpaired) electrons. The van der Waals surface area contributed by atoms with E-state index in [2.05, 4.69) is 10.2 Å². The van der Waals surface area contributed by atoms with Gasteiger partial charge in [-0.25, -0.2) is 0 Å². The van der Waals surface area contributed by atoms with Crippen LogP contribution in [-0.2, 0) is 16.6 Å². The Morgan fingerprint density at radius 3 is 2.79 bits per heavy atom. The van der Waals surface area contributed by atoms with E-state index in [1.165, 1.54) is 13.2 Å². The molecule has 0 unspecified atom stereocenters. The van der Waals surface area contributed by atoms with Gasteiger partial charge in [0.15, 0.2) is 5.03 Å². The topological polar surface area (TPSA) is 86.3 Å². The van der Waals surface area contributed by atoms with Crippen molar-refractivity contribution in [1.29, 1.82) is 0 Å². The number of sulfonamides is 1. The van der Waals surface area contributed by atoms with Crippen molar-refractivity contribution in [2.24, 2.45) is 0 Å². The second kappa shape index (κ2) is 5.02. The van der Waals surface area contributed by atoms with Crippen molar-refractivity contribution in [2.75, 3.05) is 11.4 Å². The van der Waals surface area contributed by atoms with Gasteiger partial charge in [-0.2, -0.15) is 13.5 Å². The molecule has 0 bridgehead atoms. The zero-order valence-corrected chi connectivity index (χ0v) is 11.5. The number of hydrogen-bond acceptors (Lipinski definition) is 4. The Hall–Kier alpha value is -1.86. The lowest BCUT2D eigenvalue weighted by molar-refractivity contribution is 0.278. The number of aryl methyl sites for hydroxylation is 1. The van der Waals surface area contributed by atoms with Crippen LogP contribution in [0, 0.1) is 6.92 Å². The second-order valence-corrected chi connectivity index (χ2v) is 6.10. The molecule has 6 nitrogen and oxygen atoms in total. The molecule has 0 saturated heterocycles. The molecule has 0 saturated carbocycles. The number of nitrogens with zero attached hydrogens (tertiary/aromatic N) is 2. The predicted octanol–water partition coefficient (Wildman–Crippen LogP) is 1.04. The molecule has 0 aliphatic heterocycles. The molecule has 1 heterocycles. The first-order chi connectivity index (χ1) is 8.96. The average molecular weight is 281 g/mol. The van der Waals surface area contributed by atoms with Gasteiger partial charge in [0.1, 0.15) is 0 Å². The number of aliphatic hydroxyl groups excluding tert-OH is 1. The number of rotatable bonds is 4. The highest BCUT2D eigenvalue weighted by Gasteiger charge is 2.26. The molecule has 0 spiro atoms. The van der Waals surface area contributed by atoms with Crippen LogP contribution in [-0.4, -0.2) is 30.8 Å². The Balaban J connectivity index is 2.45. The van der Waals surface area contributed by atoms with Crippen molar-refractivity contribution in [3.8, 4) is 0 Å². The fourth-order valence-electron chi connectivity index (χ4n) is 1.73. The van der Waals surface area contributed by atoms with Gasteiger partial charge in [0.2, 0.25) is 0 Å². The molecule has 2 rings (SSSR count). The van der Waals surface area contributed by atoms with Crippen molar-refractivity contribution < 1.29 is 13.5 Å². The first-order valence-corrected chi connectivity index (χ1v) is 7.09. The van der Waals surface area contributed by atoms with E-state index in [4.69, 9.17) is 5.11 Å². The van der Waals surface area contributed by atoms with Crippen molar-refractivity contribution in [3.05, 3.63) is 41.6 Å². The third-order valence-corrected chi connectivity index (χ3v) is 4.63. The Kier molecular flexibility index (Phi) is 3.59. The van der Waals surface area contributed by atoms with E-state index in [1.807, 2.05) is 13.0 Å². The van der Waals surface area contributed by atoms with Crippen LogP contribution in [0.5, 0.6) is 0 Å². The molecule has 2 N–H and O–H groups in total. The van der Waals surface area contributed by atoms with Crippen molar-refractivity contribution >= 4 is 15.7 Å². The number of aromatic nitrogens is 2. The highest BCUT2D eigenvalue weighted by Crippen LogP contribution is 2.23. The molecule has 0 atom stereocenters. The maximum absolute atomic E-state index is 12.4.